The average molecular weight is 274 g/mol. The van der Waals surface area contributed by atoms with Crippen molar-refractivity contribution in [2.24, 2.45) is 5.41 Å². The molecule has 0 heterocycles. The smallest absolute Gasteiger partial charge is 0.550 e. The number of allylic oxidation sites excluding steroid dienone is 4. The van der Waals surface area contributed by atoms with E-state index in [-0.39, 0.29) is 40.8 Å². The Hall–Kier alpha value is -0.380. The number of rotatable bonds is 2. The molecule has 0 aromatic carbocycles. The van der Waals surface area contributed by atoms with Crippen molar-refractivity contribution in [3.05, 3.63) is 23.3 Å². The van der Waals surface area contributed by atoms with Crippen LogP contribution in [-0.2, 0) is 9.59 Å². The minimum Gasteiger partial charge on any atom is -0.550 e. The van der Waals surface area contributed by atoms with Gasteiger partial charge in [0.2, 0.25) is 0 Å². The van der Waals surface area contributed by atoms with Gasteiger partial charge >= 0.3 is 29.6 Å². The number of hydrogen-bond donors (Lipinski definition) is 0. The molecular weight excluding hydrogens is 251 g/mol. The van der Waals surface area contributed by atoms with Gasteiger partial charge in [-0.1, -0.05) is 25.5 Å². The van der Waals surface area contributed by atoms with Gasteiger partial charge in [-0.3, -0.25) is 4.79 Å². The minimum atomic E-state index is -1.08. The van der Waals surface area contributed by atoms with Crippen molar-refractivity contribution in [3.8, 4) is 0 Å². The molecule has 0 N–H and O–H groups in total. The third-order valence-corrected chi connectivity index (χ3v) is 3.03. The van der Waals surface area contributed by atoms with Crippen LogP contribution in [0.3, 0.4) is 0 Å². The summed E-state index contributed by atoms with van der Waals surface area (Å²) in [6, 6.07) is 0. The van der Waals surface area contributed by atoms with E-state index in [1.54, 1.807) is 13.0 Å². The van der Waals surface area contributed by atoms with Crippen LogP contribution in [0.2, 0.25) is 0 Å². The second kappa shape index (κ2) is 9.51. The first-order chi connectivity index (χ1) is 8.16. The maximum atomic E-state index is 10.9. The molecule has 3 nitrogen and oxygen atoms in total. The second-order valence-electron chi connectivity index (χ2n) is 5.37. The summed E-state index contributed by atoms with van der Waals surface area (Å²) in [4.78, 5) is 19.8. The molecule has 0 aromatic heterocycles. The fourth-order valence-corrected chi connectivity index (χ4v) is 2.21. The van der Waals surface area contributed by atoms with Crippen LogP contribution >= 0.6 is 0 Å². The van der Waals surface area contributed by atoms with Crippen LogP contribution in [0.1, 0.15) is 53.9 Å². The predicted molar refractivity (Wildman–Crippen MR) is 70.8 cm³/mol. The van der Waals surface area contributed by atoms with E-state index in [0.717, 1.165) is 6.92 Å². The molecule has 0 aromatic rings. The van der Waals surface area contributed by atoms with E-state index in [2.05, 4.69) is 20.8 Å². The fraction of sp³-hybridized carbons (Fsp3) is 0.600. The minimum absolute atomic E-state index is 0. The van der Waals surface area contributed by atoms with Gasteiger partial charge in [0.25, 0.3) is 0 Å². The SMILES string of the molecule is CC(=O)/C=C/C1=C(C)CCCC1(C)C.CC(=O)[O-].[Na+]. The first kappa shape index (κ1) is 20.9. The monoisotopic (exact) mass is 274 g/mol. The van der Waals surface area contributed by atoms with Crippen molar-refractivity contribution in [2.45, 2.75) is 53.9 Å². The summed E-state index contributed by atoms with van der Waals surface area (Å²) in [5.41, 5.74) is 3.05. The van der Waals surface area contributed by atoms with E-state index in [0.29, 0.717) is 0 Å². The summed E-state index contributed by atoms with van der Waals surface area (Å²) < 4.78 is 0. The zero-order chi connectivity index (χ0) is 14.3. The van der Waals surface area contributed by atoms with E-state index in [4.69, 9.17) is 9.90 Å². The van der Waals surface area contributed by atoms with Crippen molar-refractivity contribution in [1.82, 2.24) is 0 Å². The number of carboxylic acid groups (broad SMARTS) is 1. The molecule has 0 unspecified atom stereocenters. The van der Waals surface area contributed by atoms with E-state index < -0.39 is 5.97 Å². The Morgan fingerprint density at radius 3 is 2.11 bits per heavy atom. The summed E-state index contributed by atoms with van der Waals surface area (Å²) in [7, 11) is 0. The Kier molecular flexibility index (Phi) is 10.5. The first-order valence-corrected chi connectivity index (χ1v) is 6.23. The van der Waals surface area contributed by atoms with Crippen molar-refractivity contribution >= 4 is 11.8 Å². The zero-order valence-corrected chi connectivity index (χ0v) is 15.0. The van der Waals surface area contributed by atoms with Crippen LogP contribution in [0.25, 0.3) is 0 Å². The predicted octanol–water partition coefficient (Wildman–Crippen LogP) is -0.582. The third kappa shape index (κ3) is 9.20. The zero-order valence-electron chi connectivity index (χ0n) is 13.0. The Morgan fingerprint density at radius 1 is 1.26 bits per heavy atom. The molecule has 19 heavy (non-hydrogen) atoms. The molecule has 4 heteroatoms. The normalized spacial score (nSPS) is 17.3. The number of aliphatic carboxylic acids is 1. The largest absolute Gasteiger partial charge is 1.00 e. The molecule has 1 aliphatic rings. The molecule has 0 fully saturated rings. The number of hydrogen-bond acceptors (Lipinski definition) is 3. The Bertz CT molecular complexity index is 375. The standard InChI is InChI=1S/C13H20O.C2H4O2.Na/c1-10-6-5-9-13(3,4)12(10)8-7-11(2)14;1-2(3)4;/h7-8H,5-6,9H2,1-4H3;1H3,(H,3,4);/q;;+1/p-1/b8-7+;;. The topological polar surface area (TPSA) is 57.2 Å². The van der Waals surface area contributed by atoms with Crippen LogP contribution in [-0.4, -0.2) is 11.8 Å². The summed E-state index contributed by atoms with van der Waals surface area (Å²) in [5, 5.41) is 8.89. The van der Waals surface area contributed by atoms with Crippen LogP contribution in [0.4, 0.5) is 0 Å². The maximum absolute atomic E-state index is 10.9. The van der Waals surface area contributed by atoms with Gasteiger partial charge in [0.1, 0.15) is 0 Å². The second-order valence-corrected chi connectivity index (χ2v) is 5.37. The third-order valence-electron chi connectivity index (χ3n) is 3.03. The number of carboxylic acids is 1. The molecule has 0 amide bonds. The van der Waals surface area contributed by atoms with Gasteiger partial charge in [0.15, 0.2) is 5.78 Å². The van der Waals surface area contributed by atoms with E-state index in [1.807, 2.05) is 6.08 Å². The van der Waals surface area contributed by atoms with Crippen molar-refractivity contribution < 1.29 is 44.3 Å². The van der Waals surface area contributed by atoms with Gasteiger partial charge in [-0.2, -0.15) is 0 Å². The number of carbonyl (C=O) groups is 2. The molecule has 0 aliphatic heterocycles. The molecule has 102 valence electrons. The van der Waals surface area contributed by atoms with Crippen LogP contribution in [0.5, 0.6) is 0 Å². The van der Waals surface area contributed by atoms with E-state index in [9.17, 15) is 4.79 Å². The van der Waals surface area contributed by atoms with Crippen molar-refractivity contribution in [1.29, 1.82) is 0 Å². The molecule has 1 aliphatic carbocycles. The molecule has 0 spiro atoms. The van der Waals surface area contributed by atoms with Gasteiger partial charge in [-0.25, -0.2) is 0 Å². The van der Waals surface area contributed by atoms with Crippen molar-refractivity contribution in [2.75, 3.05) is 0 Å². The van der Waals surface area contributed by atoms with Gasteiger partial charge in [-0.15, -0.1) is 0 Å². The van der Waals surface area contributed by atoms with Crippen molar-refractivity contribution in [3.63, 3.8) is 0 Å². The first-order valence-electron chi connectivity index (χ1n) is 6.23. The van der Waals surface area contributed by atoms with Crippen LogP contribution in [0.15, 0.2) is 23.3 Å². The molecule has 0 bridgehead atoms. The molecular formula is C15H23NaO3. The summed E-state index contributed by atoms with van der Waals surface area (Å²) in [6.45, 7) is 9.27. The van der Waals surface area contributed by atoms with Gasteiger partial charge in [0, 0.05) is 5.97 Å². The van der Waals surface area contributed by atoms with Crippen LogP contribution in [0, 0.1) is 5.41 Å². The number of ketones is 1. The average Bonchev–Trinajstić information content (AvgIpc) is 2.14. The summed E-state index contributed by atoms with van der Waals surface area (Å²) in [5.74, 6) is -0.952. The Balaban J connectivity index is 0. The van der Waals surface area contributed by atoms with Crippen LogP contribution < -0.4 is 34.7 Å². The molecule has 1 rings (SSSR count). The molecule has 0 saturated heterocycles. The summed E-state index contributed by atoms with van der Waals surface area (Å²) in [6.07, 6.45) is 7.38. The van der Waals surface area contributed by atoms with Gasteiger partial charge in [-0.05, 0) is 57.1 Å². The van der Waals surface area contributed by atoms with Gasteiger partial charge in [0.05, 0.1) is 0 Å². The van der Waals surface area contributed by atoms with E-state index >= 15 is 0 Å². The molecule has 0 atom stereocenters. The number of carbonyl (C=O) groups excluding carboxylic acids is 2. The Labute approximate surface area is 138 Å². The maximum Gasteiger partial charge on any atom is 1.00 e. The fourth-order valence-electron chi connectivity index (χ4n) is 2.21. The summed E-state index contributed by atoms with van der Waals surface area (Å²) >= 11 is 0. The molecule has 0 saturated carbocycles. The Morgan fingerprint density at radius 2 is 1.74 bits per heavy atom. The molecule has 0 radical (unpaired) electrons. The quantitative estimate of drug-likeness (QED) is 0.500. The van der Waals surface area contributed by atoms with Gasteiger partial charge < -0.3 is 9.90 Å². The van der Waals surface area contributed by atoms with E-state index in [1.165, 1.54) is 30.4 Å².